The summed E-state index contributed by atoms with van der Waals surface area (Å²) in [6.45, 7) is 7.28. The van der Waals surface area contributed by atoms with Crippen molar-refractivity contribution in [3.05, 3.63) is 29.3 Å². The van der Waals surface area contributed by atoms with E-state index < -0.39 is 0 Å². The largest absolute Gasteiger partial charge is 0.496 e. The third-order valence-corrected chi connectivity index (χ3v) is 3.60. The van der Waals surface area contributed by atoms with E-state index in [1.165, 1.54) is 24.0 Å². The minimum absolute atomic E-state index is 0.347. The second-order valence-electron chi connectivity index (χ2n) is 4.65. The highest BCUT2D eigenvalue weighted by molar-refractivity contribution is 5.40. The number of hydrogen-bond donors (Lipinski definition) is 1. The van der Waals surface area contributed by atoms with Gasteiger partial charge in [0.2, 0.25) is 0 Å². The SMILES string of the molecule is CCC(CC)c1ccc(OC)c(C(C)CN)c1. The van der Waals surface area contributed by atoms with Crippen molar-refractivity contribution >= 4 is 0 Å². The molecule has 1 rings (SSSR count). The van der Waals surface area contributed by atoms with Gasteiger partial charge in [0.25, 0.3) is 0 Å². The first-order chi connectivity index (χ1) is 8.17. The zero-order chi connectivity index (χ0) is 12.8. The fourth-order valence-electron chi connectivity index (χ4n) is 2.28. The molecular formula is C15H25NO. The van der Waals surface area contributed by atoms with Crippen LogP contribution in [0.2, 0.25) is 0 Å². The maximum atomic E-state index is 5.76. The number of benzene rings is 1. The van der Waals surface area contributed by atoms with Crippen LogP contribution in [-0.2, 0) is 0 Å². The number of rotatable bonds is 6. The topological polar surface area (TPSA) is 35.2 Å². The molecule has 0 fully saturated rings. The second-order valence-corrected chi connectivity index (χ2v) is 4.65. The predicted octanol–water partition coefficient (Wildman–Crippen LogP) is 3.66. The van der Waals surface area contributed by atoms with Crippen LogP contribution in [0.3, 0.4) is 0 Å². The lowest BCUT2D eigenvalue weighted by atomic mass is 9.89. The molecule has 0 spiro atoms. The van der Waals surface area contributed by atoms with E-state index in [0.717, 1.165) is 5.75 Å². The second kappa shape index (κ2) is 6.65. The summed E-state index contributed by atoms with van der Waals surface area (Å²) in [5.74, 6) is 1.95. The molecule has 0 bridgehead atoms. The highest BCUT2D eigenvalue weighted by Gasteiger charge is 2.14. The van der Waals surface area contributed by atoms with Gasteiger partial charge in [0.05, 0.1) is 7.11 Å². The molecule has 0 aliphatic rings. The Morgan fingerprint density at radius 2 is 1.88 bits per heavy atom. The molecule has 2 nitrogen and oxygen atoms in total. The van der Waals surface area contributed by atoms with Gasteiger partial charge in [0.15, 0.2) is 0 Å². The lowest BCUT2D eigenvalue weighted by Crippen LogP contribution is -2.11. The van der Waals surface area contributed by atoms with Gasteiger partial charge in [0.1, 0.15) is 5.75 Å². The minimum atomic E-state index is 0.347. The molecule has 0 aliphatic heterocycles. The average molecular weight is 235 g/mol. The van der Waals surface area contributed by atoms with E-state index in [4.69, 9.17) is 10.5 Å². The van der Waals surface area contributed by atoms with Crippen LogP contribution in [0.5, 0.6) is 5.75 Å². The van der Waals surface area contributed by atoms with Gasteiger partial charge >= 0.3 is 0 Å². The zero-order valence-electron chi connectivity index (χ0n) is 11.5. The third kappa shape index (κ3) is 3.22. The molecule has 0 saturated heterocycles. The Kier molecular flexibility index (Phi) is 5.49. The number of hydrogen-bond acceptors (Lipinski definition) is 2. The smallest absolute Gasteiger partial charge is 0.122 e. The molecule has 0 amide bonds. The van der Waals surface area contributed by atoms with E-state index in [1.807, 2.05) is 0 Å². The van der Waals surface area contributed by atoms with E-state index >= 15 is 0 Å². The van der Waals surface area contributed by atoms with Gasteiger partial charge in [-0.3, -0.25) is 0 Å². The Morgan fingerprint density at radius 1 is 1.24 bits per heavy atom. The Morgan fingerprint density at radius 3 is 2.35 bits per heavy atom. The molecular weight excluding hydrogens is 210 g/mol. The van der Waals surface area contributed by atoms with Gasteiger partial charge in [0, 0.05) is 0 Å². The van der Waals surface area contributed by atoms with Crippen molar-refractivity contribution in [3.63, 3.8) is 0 Å². The summed E-state index contributed by atoms with van der Waals surface area (Å²) in [6.07, 6.45) is 2.36. The molecule has 2 heteroatoms. The lowest BCUT2D eigenvalue weighted by molar-refractivity contribution is 0.406. The summed E-state index contributed by atoms with van der Waals surface area (Å²) in [4.78, 5) is 0. The first kappa shape index (κ1) is 14.0. The lowest BCUT2D eigenvalue weighted by Gasteiger charge is -2.19. The van der Waals surface area contributed by atoms with Crippen molar-refractivity contribution in [2.45, 2.75) is 45.4 Å². The molecule has 0 aliphatic carbocycles. The summed E-state index contributed by atoms with van der Waals surface area (Å²) in [6, 6.07) is 6.53. The monoisotopic (exact) mass is 235 g/mol. The van der Waals surface area contributed by atoms with Gasteiger partial charge in [-0.2, -0.15) is 0 Å². The van der Waals surface area contributed by atoms with E-state index in [1.54, 1.807) is 7.11 Å². The van der Waals surface area contributed by atoms with Crippen LogP contribution in [-0.4, -0.2) is 13.7 Å². The molecule has 17 heavy (non-hydrogen) atoms. The maximum absolute atomic E-state index is 5.76. The van der Waals surface area contributed by atoms with E-state index in [-0.39, 0.29) is 0 Å². The zero-order valence-corrected chi connectivity index (χ0v) is 11.5. The van der Waals surface area contributed by atoms with Crippen molar-refractivity contribution in [2.24, 2.45) is 5.73 Å². The van der Waals surface area contributed by atoms with Crippen LogP contribution >= 0.6 is 0 Å². The first-order valence-corrected chi connectivity index (χ1v) is 6.55. The Labute approximate surface area is 105 Å². The standard InChI is InChI=1S/C15H25NO/c1-5-12(6-2)13-7-8-15(17-4)14(9-13)11(3)10-16/h7-9,11-12H,5-6,10,16H2,1-4H3. The molecule has 1 unspecified atom stereocenters. The fraction of sp³-hybridized carbons (Fsp3) is 0.600. The van der Waals surface area contributed by atoms with E-state index in [0.29, 0.717) is 18.4 Å². The van der Waals surface area contributed by atoms with Crippen molar-refractivity contribution in [1.82, 2.24) is 0 Å². The number of ether oxygens (including phenoxy) is 1. The normalized spacial score (nSPS) is 12.8. The van der Waals surface area contributed by atoms with Crippen molar-refractivity contribution in [1.29, 1.82) is 0 Å². The molecule has 1 aromatic rings. The molecule has 1 atom stereocenters. The highest BCUT2D eigenvalue weighted by atomic mass is 16.5. The van der Waals surface area contributed by atoms with Crippen molar-refractivity contribution in [3.8, 4) is 5.75 Å². The Bertz CT molecular complexity index is 345. The summed E-state index contributed by atoms with van der Waals surface area (Å²) < 4.78 is 5.41. The quantitative estimate of drug-likeness (QED) is 0.816. The van der Waals surface area contributed by atoms with Gasteiger partial charge in [-0.15, -0.1) is 0 Å². The van der Waals surface area contributed by atoms with Gasteiger partial charge < -0.3 is 10.5 Å². The summed E-state index contributed by atoms with van der Waals surface area (Å²) in [5.41, 5.74) is 8.41. The van der Waals surface area contributed by atoms with Crippen LogP contribution < -0.4 is 10.5 Å². The maximum Gasteiger partial charge on any atom is 0.122 e. The number of nitrogens with two attached hydrogens (primary N) is 1. The minimum Gasteiger partial charge on any atom is -0.496 e. The molecule has 96 valence electrons. The molecule has 0 heterocycles. The molecule has 0 aromatic heterocycles. The fourth-order valence-corrected chi connectivity index (χ4v) is 2.28. The van der Waals surface area contributed by atoms with Crippen molar-refractivity contribution in [2.75, 3.05) is 13.7 Å². The molecule has 0 radical (unpaired) electrons. The van der Waals surface area contributed by atoms with E-state index in [9.17, 15) is 0 Å². The summed E-state index contributed by atoms with van der Waals surface area (Å²) >= 11 is 0. The third-order valence-electron chi connectivity index (χ3n) is 3.60. The predicted molar refractivity (Wildman–Crippen MR) is 73.8 cm³/mol. The average Bonchev–Trinajstić information content (AvgIpc) is 2.39. The van der Waals surface area contributed by atoms with Crippen LogP contribution in [0.15, 0.2) is 18.2 Å². The van der Waals surface area contributed by atoms with Gasteiger partial charge in [-0.25, -0.2) is 0 Å². The van der Waals surface area contributed by atoms with Crippen LogP contribution in [0.1, 0.15) is 56.6 Å². The van der Waals surface area contributed by atoms with E-state index in [2.05, 4.69) is 39.0 Å². The molecule has 2 N–H and O–H groups in total. The number of methoxy groups -OCH3 is 1. The Balaban J connectivity index is 3.12. The van der Waals surface area contributed by atoms with Crippen LogP contribution in [0.25, 0.3) is 0 Å². The first-order valence-electron chi connectivity index (χ1n) is 6.55. The van der Waals surface area contributed by atoms with Crippen molar-refractivity contribution < 1.29 is 4.74 Å². The van der Waals surface area contributed by atoms with Crippen LogP contribution in [0, 0.1) is 0 Å². The molecule has 0 saturated carbocycles. The summed E-state index contributed by atoms with van der Waals surface area (Å²) in [7, 11) is 1.72. The molecule has 1 aromatic carbocycles. The highest BCUT2D eigenvalue weighted by Crippen LogP contribution is 2.31. The van der Waals surface area contributed by atoms with Gasteiger partial charge in [-0.1, -0.05) is 32.9 Å². The summed E-state index contributed by atoms with van der Waals surface area (Å²) in [5, 5.41) is 0. The van der Waals surface area contributed by atoms with Gasteiger partial charge in [-0.05, 0) is 48.4 Å². The Hall–Kier alpha value is -1.02. The van der Waals surface area contributed by atoms with Crippen LogP contribution in [0.4, 0.5) is 0 Å².